The van der Waals surface area contributed by atoms with Crippen molar-refractivity contribution in [3.63, 3.8) is 0 Å². The van der Waals surface area contributed by atoms with Gasteiger partial charge in [-0.3, -0.25) is 0 Å². The molecule has 0 atom stereocenters. The summed E-state index contributed by atoms with van der Waals surface area (Å²) in [4.78, 5) is 0. The van der Waals surface area contributed by atoms with Crippen LogP contribution in [0, 0.1) is 6.92 Å². The predicted octanol–water partition coefficient (Wildman–Crippen LogP) is 11.5. The summed E-state index contributed by atoms with van der Waals surface area (Å²) in [6, 6.07) is 46.7. The zero-order valence-electron chi connectivity index (χ0n) is 25.6. The van der Waals surface area contributed by atoms with Gasteiger partial charge in [-0.1, -0.05) is 111 Å². The minimum absolute atomic E-state index is 0.837. The quantitative estimate of drug-likeness (QED) is 0.174. The van der Waals surface area contributed by atoms with E-state index in [0.29, 0.717) is 0 Å². The van der Waals surface area contributed by atoms with Gasteiger partial charge in [0.05, 0.1) is 0 Å². The van der Waals surface area contributed by atoms with Crippen LogP contribution < -0.4 is 9.47 Å². The predicted molar refractivity (Wildman–Crippen MR) is 181 cm³/mol. The number of hydrogen-bond donors (Lipinski definition) is 0. The van der Waals surface area contributed by atoms with Crippen LogP contribution in [0.4, 0.5) is 0 Å². The van der Waals surface area contributed by atoms with Gasteiger partial charge < -0.3 is 9.47 Å². The molecule has 0 fully saturated rings. The minimum Gasteiger partial charge on any atom is -0.457 e. The summed E-state index contributed by atoms with van der Waals surface area (Å²) in [5, 5.41) is 2.61. The zero-order valence-corrected chi connectivity index (χ0v) is 25.6. The van der Waals surface area contributed by atoms with Crippen LogP contribution >= 0.6 is 0 Å². The van der Waals surface area contributed by atoms with Gasteiger partial charge in [0.25, 0.3) is 0 Å². The topological polar surface area (TPSA) is 18.5 Å². The van der Waals surface area contributed by atoms with E-state index in [1.807, 2.05) is 50.2 Å². The van der Waals surface area contributed by atoms with Crippen LogP contribution in [-0.4, -0.2) is 0 Å². The highest BCUT2D eigenvalue weighted by atomic mass is 16.5. The highest BCUT2D eigenvalue weighted by Crippen LogP contribution is 2.26. The van der Waals surface area contributed by atoms with Crippen LogP contribution in [0.5, 0.6) is 23.0 Å². The fourth-order valence-corrected chi connectivity index (χ4v) is 5.05. The fraction of sp³-hybridized carbons (Fsp3) is 0.171. The van der Waals surface area contributed by atoms with E-state index < -0.39 is 0 Å². The first-order valence-corrected chi connectivity index (χ1v) is 15.3. The van der Waals surface area contributed by atoms with Crippen molar-refractivity contribution < 1.29 is 9.47 Å². The van der Waals surface area contributed by atoms with E-state index >= 15 is 0 Å². The van der Waals surface area contributed by atoms with Crippen molar-refractivity contribution >= 4 is 10.8 Å². The number of hydrogen-bond acceptors (Lipinski definition) is 2. The standard InChI is InChI=1S/C39H34O2.C2H6/c1-3-29-6-14-35-27-33(7-15-34(35)26-29)25-32-12-22-39(23-13-32)41-38-20-10-31(11-21-38)24-30-8-18-37(19-9-30)40-36-16-4-28(2)5-17-36;1-2/h4-23,26-27H,3,24-25H2,1-2H3;1-2H3. The Morgan fingerprint density at radius 1 is 0.395 bits per heavy atom. The third-order valence-corrected chi connectivity index (χ3v) is 7.46. The van der Waals surface area contributed by atoms with Crippen molar-refractivity contribution in [1.29, 1.82) is 0 Å². The van der Waals surface area contributed by atoms with E-state index in [1.54, 1.807) is 0 Å². The second kappa shape index (κ2) is 14.4. The highest BCUT2D eigenvalue weighted by molar-refractivity contribution is 5.84. The molecule has 0 aliphatic heterocycles. The summed E-state index contributed by atoms with van der Waals surface area (Å²) in [7, 11) is 0. The Balaban J connectivity index is 0.00000180. The van der Waals surface area contributed by atoms with Gasteiger partial charge in [-0.15, -0.1) is 0 Å². The van der Waals surface area contributed by atoms with Gasteiger partial charge in [0.2, 0.25) is 0 Å². The Hall–Kier alpha value is -4.82. The molecule has 2 nitrogen and oxygen atoms in total. The molecule has 0 aliphatic rings. The van der Waals surface area contributed by atoms with Crippen LogP contribution in [-0.2, 0) is 19.3 Å². The van der Waals surface area contributed by atoms with Crippen molar-refractivity contribution in [3.05, 3.63) is 167 Å². The molecule has 0 saturated heterocycles. The number of rotatable bonds is 9. The molecular formula is C41H40O2. The van der Waals surface area contributed by atoms with Crippen LogP contribution in [0.15, 0.2) is 133 Å². The first-order valence-electron chi connectivity index (χ1n) is 15.3. The Kier molecular flexibility index (Phi) is 9.92. The molecule has 0 spiro atoms. The summed E-state index contributed by atoms with van der Waals surface area (Å²) in [5.41, 5.74) is 7.67. The summed E-state index contributed by atoms with van der Waals surface area (Å²) < 4.78 is 12.1. The fourth-order valence-electron chi connectivity index (χ4n) is 5.05. The van der Waals surface area contributed by atoms with Crippen molar-refractivity contribution in [2.24, 2.45) is 0 Å². The maximum absolute atomic E-state index is 6.13. The summed E-state index contributed by atoms with van der Waals surface area (Å²) in [6.45, 7) is 8.27. The number of aryl methyl sites for hydroxylation is 2. The Bertz CT molecular complexity index is 1730. The second-order valence-corrected chi connectivity index (χ2v) is 10.7. The van der Waals surface area contributed by atoms with Crippen LogP contribution in [0.1, 0.15) is 54.2 Å². The van der Waals surface area contributed by atoms with Crippen molar-refractivity contribution in [3.8, 4) is 23.0 Å². The van der Waals surface area contributed by atoms with E-state index in [-0.39, 0.29) is 0 Å². The molecule has 0 aliphatic carbocycles. The van der Waals surface area contributed by atoms with Gasteiger partial charge >= 0.3 is 0 Å². The maximum Gasteiger partial charge on any atom is 0.127 e. The molecule has 6 aromatic carbocycles. The summed E-state index contributed by atoms with van der Waals surface area (Å²) in [6.07, 6.45) is 2.82. The molecule has 0 bridgehead atoms. The molecular weight excluding hydrogens is 524 g/mol. The highest BCUT2D eigenvalue weighted by Gasteiger charge is 2.04. The van der Waals surface area contributed by atoms with Crippen LogP contribution in [0.25, 0.3) is 10.8 Å². The average Bonchev–Trinajstić information content (AvgIpc) is 3.05. The van der Waals surface area contributed by atoms with Gasteiger partial charge in [-0.05, 0) is 113 Å². The summed E-state index contributed by atoms with van der Waals surface area (Å²) >= 11 is 0. The zero-order chi connectivity index (χ0) is 30.0. The van der Waals surface area contributed by atoms with Gasteiger partial charge in [0.1, 0.15) is 23.0 Å². The van der Waals surface area contributed by atoms with E-state index in [9.17, 15) is 0 Å². The molecule has 6 rings (SSSR count). The number of benzene rings is 6. The second-order valence-electron chi connectivity index (χ2n) is 10.7. The number of fused-ring (bicyclic) bond motifs is 1. The third kappa shape index (κ3) is 8.14. The average molecular weight is 565 g/mol. The maximum atomic E-state index is 6.13. The van der Waals surface area contributed by atoms with Gasteiger partial charge in [0, 0.05) is 0 Å². The SMILES string of the molecule is CC.CCc1ccc2cc(Cc3ccc(Oc4ccc(Cc5ccc(Oc6ccc(C)cc6)cc5)cc4)cc3)ccc2c1. The molecule has 0 amide bonds. The lowest BCUT2D eigenvalue weighted by Gasteiger charge is -2.10. The molecule has 216 valence electrons. The Morgan fingerprint density at radius 3 is 1.14 bits per heavy atom. The first-order chi connectivity index (χ1) is 21.1. The van der Waals surface area contributed by atoms with E-state index in [2.05, 4.69) is 111 Å². The van der Waals surface area contributed by atoms with Gasteiger partial charge in [-0.25, -0.2) is 0 Å². The Labute approximate surface area is 256 Å². The molecule has 6 aromatic rings. The van der Waals surface area contributed by atoms with E-state index in [1.165, 1.54) is 44.2 Å². The molecule has 0 radical (unpaired) electrons. The molecule has 0 heterocycles. The van der Waals surface area contributed by atoms with Crippen molar-refractivity contribution in [2.45, 2.75) is 47.0 Å². The van der Waals surface area contributed by atoms with Gasteiger partial charge in [0.15, 0.2) is 0 Å². The first kappa shape index (κ1) is 29.7. The molecule has 0 aromatic heterocycles. The largest absolute Gasteiger partial charge is 0.457 e. The van der Waals surface area contributed by atoms with E-state index in [4.69, 9.17) is 9.47 Å². The molecule has 0 N–H and O–H groups in total. The van der Waals surface area contributed by atoms with E-state index in [0.717, 1.165) is 42.3 Å². The monoisotopic (exact) mass is 564 g/mol. The van der Waals surface area contributed by atoms with Crippen molar-refractivity contribution in [1.82, 2.24) is 0 Å². The minimum atomic E-state index is 0.837. The Morgan fingerprint density at radius 2 is 0.721 bits per heavy atom. The molecule has 2 heteroatoms. The number of ether oxygens (including phenoxy) is 2. The molecule has 0 saturated carbocycles. The lowest BCUT2D eigenvalue weighted by Crippen LogP contribution is -1.91. The third-order valence-electron chi connectivity index (χ3n) is 7.46. The molecule has 0 unspecified atom stereocenters. The van der Waals surface area contributed by atoms with Crippen LogP contribution in [0.2, 0.25) is 0 Å². The van der Waals surface area contributed by atoms with Crippen LogP contribution in [0.3, 0.4) is 0 Å². The lowest BCUT2D eigenvalue weighted by molar-refractivity contribution is 0.482. The normalized spacial score (nSPS) is 10.6. The van der Waals surface area contributed by atoms with Gasteiger partial charge in [-0.2, -0.15) is 0 Å². The molecule has 43 heavy (non-hydrogen) atoms. The smallest absolute Gasteiger partial charge is 0.127 e. The summed E-state index contributed by atoms with van der Waals surface area (Å²) in [5.74, 6) is 3.37. The van der Waals surface area contributed by atoms with Crippen molar-refractivity contribution in [2.75, 3.05) is 0 Å². The lowest BCUT2D eigenvalue weighted by atomic mass is 9.99.